The van der Waals surface area contributed by atoms with E-state index in [-0.39, 0.29) is 31.0 Å². The van der Waals surface area contributed by atoms with Gasteiger partial charge < -0.3 is 29.9 Å². The lowest BCUT2D eigenvalue weighted by molar-refractivity contribution is -0.158. The van der Waals surface area contributed by atoms with Crippen molar-refractivity contribution in [2.75, 3.05) is 0 Å². The highest BCUT2D eigenvalue weighted by Crippen LogP contribution is 2.34. The maximum absolute atomic E-state index is 12.6. The molecule has 8 nitrogen and oxygen atoms in total. The fourth-order valence-corrected chi connectivity index (χ4v) is 5.75. The molecule has 0 aromatic carbocycles. The minimum absolute atomic E-state index is 0.0157. The van der Waals surface area contributed by atoms with Crippen molar-refractivity contribution in [3.63, 3.8) is 0 Å². The number of rotatable bonds is 0. The molecule has 0 unspecified atom stereocenters. The van der Waals surface area contributed by atoms with Crippen molar-refractivity contribution in [1.29, 1.82) is 0 Å². The lowest BCUT2D eigenvalue weighted by Crippen LogP contribution is -2.41. The van der Waals surface area contributed by atoms with Gasteiger partial charge in [-0.05, 0) is 77.0 Å². The number of cyclic esters (lactones) is 1. The monoisotopic (exact) mass is 566 g/mol. The van der Waals surface area contributed by atoms with Gasteiger partial charge in [0.25, 0.3) is 0 Å². The molecule has 0 aromatic heterocycles. The summed E-state index contributed by atoms with van der Waals surface area (Å²) in [6.07, 6.45) is 2.51. The maximum atomic E-state index is 12.6. The van der Waals surface area contributed by atoms with Gasteiger partial charge in [-0.1, -0.05) is 57.4 Å². The number of carbonyl (C=O) groups excluding carboxylic acids is 2. The Hall–Kier alpha value is -1.58. The van der Waals surface area contributed by atoms with E-state index in [4.69, 9.17) is 9.47 Å². The Morgan fingerprint density at radius 2 is 1.52 bits per heavy atom. The molecule has 11 atom stereocenters. The van der Waals surface area contributed by atoms with Crippen LogP contribution in [-0.2, 0) is 19.1 Å². The molecular weight excluding hydrogens is 512 g/mol. The van der Waals surface area contributed by atoms with Gasteiger partial charge in [-0.2, -0.15) is 0 Å². The van der Waals surface area contributed by atoms with E-state index in [9.17, 15) is 30.0 Å². The maximum Gasteiger partial charge on any atom is 0.311 e. The molecule has 0 bridgehead atoms. The number of carbonyl (C=O) groups is 2. The van der Waals surface area contributed by atoms with Crippen molar-refractivity contribution >= 4 is 11.8 Å². The van der Waals surface area contributed by atoms with Crippen molar-refractivity contribution in [2.45, 2.75) is 142 Å². The molecule has 0 spiro atoms. The Labute approximate surface area is 240 Å². The van der Waals surface area contributed by atoms with Crippen LogP contribution in [0.3, 0.4) is 0 Å². The standard InChI is InChI=1S/C32H54O8/c1-18-12-19(2)14-29-28(40-29)11-9-8-10-26(34)24(7)32(38)39-23(6)15-22(5)30(36)31(37)27(35)17-25(33)16-21(4)20(3)13-18/h13,19,21-26,28-31,33-34,36-37H,1,8-12,14-17H2,2-7H3/b20-13-/t19-,21+,22-,23+,24+,25+,26+,28+,29+,30+,31+/m1/s1. The van der Waals surface area contributed by atoms with Crippen LogP contribution in [0.1, 0.15) is 99.3 Å². The molecule has 1 fully saturated rings. The second-order valence-corrected chi connectivity index (χ2v) is 12.8. The zero-order valence-electron chi connectivity index (χ0n) is 25.4. The number of aliphatic hydroxyl groups excluding tert-OH is 4. The van der Waals surface area contributed by atoms with Crippen molar-refractivity contribution in [2.24, 2.45) is 23.7 Å². The van der Waals surface area contributed by atoms with Crippen molar-refractivity contribution < 1.29 is 39.5 Å². The smallest absolute Gasteiger partial charge is 0.311 e. The number of hydrogen-bond acceptors (Lipinski definition) is 8. The van der Waals surface area contributed by atoms with E-state index >= 15 is 0 Å². The molecule has 40 heavy (non-hydrogen) atoms. The first-order chi connectivity index (χ1) is 18.7. The number of esters is 1. The summed E-state index contributed by atoms with van der Waals surface area (Å²) in [4.78, 5) is 25.2. The van der Waals surface area contributed by atoms with Gasteiger partial charge in [-0.25, -0.2) is 0 Å². The lowest BCUT2D eigenvalue weighted by atomic mass is 9.88. The highest BCUT2D eigenvalue weighted by molar-refractivity contribution is 5.83. The predicted molar refractivity (Wildman–Crippen MR) is 154 cm³/mol. The number of fused-ring (bicyclic) bond motifs is 1. The Kier molecular flexibility index (Phi) is 14.0. The second-order valence-electron chi connectivity index (χ2n) is 12.8. The molecular formula is C32H54O8. The average Bonchev–Trinajstić information content (AvgIpc) is 3.60. The van der Waals surface area contributed by atoms with Crippen LogP contribution in [0.2, 0.25) is 0 Å². The van der Waals surface area contributed by atoms with Gasteiger partial charge in [0.05, 0.1) is 42.5 Å². The normalized spacial score (nSPS) is 42.3. The molecule has 0 aromatic rings. The lowest BCUT2D eigenvalue weighted by Gasteiger charge is -2.27. The Balaban J connectivity index is 2.07. The van der Waals surface area contributed by atoms with Crippen LogP contribution < -0.4 is 0 Å². The highest BCUT2D eigenvalue weighted by atomic mass is 16.6. The summed E-state index contributed by atoms with van der Waals surface area (Å²) in [6.45, 7) is 15.4. The van der Waals surface area contributed by atoms with Crippen LogP contribution >= 0.6 is 0 Å². The van der Waals surface area contributed by atoms with E-state index in [1.54, 1.807) is 20.8 Å². The summed E-state index contributed by atoms with van der Waals surface area (Å²) >= 11 is 0. The molecule has 0 aliphatic carbocycles. The molecule has 1 saturated heterocycles. The Bertz CT molecular complexity index is 869. The quantitative estimate of drug-likeness (QED) is 0.252. The van der Waals surface area contributed by atoms with Crippen molar-refractivity contribution in [1.82, 2.24) is 0 Å². The largest absolute Gasteiger partial charge is 0.462 e. The van der Waals surface area contributed by atoms with Gasteiger partial charge in [0.1, 0.15) is 6.10 Å². The average molecular weight is 567 g/mol. The molecule has 230 valence electrons. The summed E-state index contributed by atoms with van der Waals surface area (Å²) < 4.78 is 11.4. The van der Waals surface area contributed by atoms with Crippen LogP contribution in [-0.4, -0.2) is 74.9 Å². The van der Waals surface area contributed by atoms with E-state index in [0.717, 1.165) is 43.3 Å². The number of ketones is 1. The van der Waals surface area contributed by atoms with Gasteiger partial charge >= 0.3 is 5.97 Å². The van der Waals surface area contributed by atoms with Gasteiger partial charge in [-0.3, -0.25) is 9.59 Å². The first-order valence-electron chi connectivity index (χ1n) is 15.2. The molecule has 0 amide bonds. The summed E-state index contributed by atoms with van der Waals surface area (Å²) in [6, 6.07) is 0. The Morgan fingerprint density at radius 1 is 0.875 bits per heavy atom. The fraction of sp³-hybridized carbons (Fsp3) is 0.812. The molecule has 0 radical (unpaired) electrons. The van der Waals surface area contributed by atoms with Crippen molar-refractivity contribution in [3.8, 4) is 0 Å². The summed E-state index contributed by atoms with van der Waals surface area (Å²) in [7, 11) is 0. The SMILES string of the molecule is C=C1/C=C(/C)[C@@H](C)C[C@H](O)CC(=O)[C@H](O)[C@@H](O)[C@H](C)C[C@H](C)OC(=O)[C@@H](C)[C@@H](O)CCCC[C@@H]2O[C@H]2C[C@H](C)C1. The van der Waals surface area contributed by atoms with Crippen LogP contribution in [0.4, 0.5) is 0 Å². The first kappa shape index (κ1) is 34.6. The zero-order chi connectivity index (χ0) is 30.1. The number of ether oxygens (including phenoxy) is 2. The van der Waals surface area contributed by atoms with E-state index in [0.29, 0.717) is 18.8 Å². The van der Waals surface area contributed by atoms with Crippen LogP contribution in [0, 0.1) is 23.7 Å². The second kappa shape index (κ2) is 16.2. The minimum Gasteiger partial charge on any atom is -0.462 e. The third kappa shape index (κ3) is 11.4. The number of aliphatic hydroxyl groups is 4. The van der Waals surface area contributed by atoms with Crippen LogP contribution in [0.5, 0.6) is 0 Å². The summed E-state index contributed by atoms with van der Waals surface area (Å²) in [5, 5.41) is 42.1. The molecule has 0 saturated carbocycles. The number of Topliss-reactive ketones (excluding diaryl/α,β-unsaturated/α-hetero) is 1. The topological polar surface area (TPSA) is 137 Å². The molecule has 4 N–H and O–H groups in total. The molecule has 2 aliphatic heterocycles. The van der Waals surface area contributed by atoms with E-state index in [1.807, 2.05) is 13.8 Å². The number of hydrogen-bond donors (Lipinski definition) is 4. The minimum atomic E-state index is -1.64. The van der Waals surface area contributed by atoms with Crippen LogP contribution in [0.15, 0.2) is 23.8 Å². The molecule has 2 aliphatic rings. The zero-order valence-corrected chi connectivity index (χ0v) is 25.4. The Morgan fingerprint density at radius 3 is 2.20 bits per heavy atom. The fourth-order valence-electron chi connectivity index (χ4n) is 5.75. The van der Waals surface area contributed by atoms with Gasteiger partial charge in [0, 0.05) is 6.42 Å². The number of allylic oxidation sites excluding steroid dienone is 3. The molecule has 2 heterocycles. The molecule has 8 heteroatoms. The predicted octanol–water partition coefficient (Wildman–Crippen LogP) is 4.27. The van der Waals surface area contributed by atoms with E-state index in [2.05, 4.69) is 19.6 Å². The van der Waals surface area contributed by atoms with Crippen LogP contribution in [0.25, 0.3) is 0 Å². The van der Waals surface area contributed by atoms with Crippen molar-refractivity contribution in [3.05, 3.63) is 23.8 Å². The summed E-state index contributed by atoms with van der Waals surface area (Å²) in [5.74, 6) is -1.93. The number of epoxide rings is 1. The van der Waals surface area contributed by atoms with Gasteiger partial charge in [-0.15, -0.1) is 0 Å². The van der Waals surface area contributed by atoms with Gasteiger partial charge in [0.2, 0.25) is 0 Å². The third-order valence-corrected chi connectivity index (χ3v) is 8.65. The van der Waals surface area contributed by atoms with Gasteiger partial charge in [0.15, 0.2) is 5.78 Å². The first-order valence-corrected chi connectivity index (χ1v) is 15.2. The van der Waals surface area contributed by atoms with E-state index < -0.39 is 54.1 Å². The highest BCUT2D eigenvalue weighted by Gasteiger charge is 2.39. The van der Waals surface area contributed by atoms with E-state index in [1.165, 1.54) is 0 Å². The molecule has 2 rings (SSSR count). The summed E-state index contributed by atoms with van der Waals surface area (Å²) in [5.41, 5.74) is 2.09. The third-order valence-electron chi connectivity index (χ3n) is 8.65.